The first-order chi connectivity index (χ1) is 10.7. The number of hydrogen-bond donors (Lipinski definition) is 1. The van der Waals surface area contributed by atoms with Gasteiger partial charge in [0.05, 0.1) is 18.2 Å². The van der Waals surface area contributed by atoms with Gasteiger partial charge in [0.25, 0.3) is 0 Å². The van der Waals surface area contributed by atoms with Gasteiger partial charge in [-0.15, -0.1) is 12.4 Å². The van der Waals surface area contributed by atoms with Crippen LogP contribution in [0.15, 0.2) is 16.6 Å². The second kappa shape index (κ2) is 11.2. The predicted octanol–water partition coefficient (Wildman–Crippen LogP) is 5.48. The molecule has 0 bridgehead atoms. The summed E-state index contributed by atoms with van der Waals surface area (Å²) in [6.45, 7) is 3.50. The van der Waals surface area contributed by atoms with E-state index in [1.54, 1.807) is 7.11 Å². The molecule has 3 nitrogen and oxygen atoms in total. The normalized spacial score (nSPS) is 16.1. The molecule has 0 unspecified atom stereocenters. The molecule has 1 N–H and O–H groups in total. The molecule has 0 heterocycles. The zero-order valence-electron chi connectivity index (χ0n) is 14.2. The van der Waals surface area contributed by atoms with E-state index in [0.29, 0.717) is 12.6 Å². The van der Waals surface area contributed by atoms with Gasteiger partial charge in [0.2, 0.25) is 0 Å². The van der Waals surface area contributed by atoms with Crippen LogP contribution in [0.3, 0.4) is 0 Å². The van der Waals surface area contributed by atoms with E-state index in [1.807, 2.05) is 6.92 Å². The van der Waals surface area contributed by atoms with Crippen LogP contribution in [-0.4, -0.2) is 19.8 Å². The lowest BCUT2D eigenvalue weighted by Gasteiger charge is -2.21. The van der Waals surface area contributed by atoms with Crippen LogP contribution >= 0.6 is 28.3 Å². The molecule has 1 aromatic carbocycles. The minimum atomic E-state index is 0. The van der Waals surface area contributed by atoms with E-state index < -0.39 is 0 Å². The van der Waals surface area contributed by atoms with Gasteiger partial charge in [-0.2, -0.15) is 0 Å². The van der Waals surface area contributed by atoms with Crippen molar-refractivity contribution in [1.29, 1.82) is 0 Å². The van der Waals surface area contributed by atoms with Crippen LogP contribution in [-0.2, 0) is 6.54 Å². The predicted molar refractivity (Wildman–Crippen MR) is 102 cm³/mol. The average molecular weight is 407 g/mol. The van der Waals surface area contributed by atoms with E-state index in [9.17, 15) is 0 Å². The topological polar surface area (TPSA) is 30.5 Å². The molecule has 1 fully saturated rings. The molecular weight excluding hydrogens is 378 g/mol. The molecule has 0 saturated heterocycles. The number of halogens is 2. The SMILES string of the molecule is CCOc1c(Br)cc(CNC2CCCCCCC2)cc1OC.Cl. The zero-order valence-corrected chi connectivity index (χ0v) is 16.6. The molecule has 1 aliphatic rings. The van der Waals surface area contributed by atoms with Gasteiger partial charge in [0.1, 0.15) is 0 Å². The molecule has 23 heavy (non-hydrogen) atoms. The minimum Gasteiger partial charge on any atom is -0.493 e. The van der Waals surface area contributed by atoms with Crippen molar-refractivity contribution >= 4 is 28.3 Å². The van der Waals surface area contributed by atoms with Gasteiger partial charge in [-0.05, 0) is 53.4 Å². The summed E-state index contributed by atoms with van der Waals surface area (Å²) in [7, 11) is 1.69. The summed E-state index contributed by atoms with van der Waals surface area (Å²) in [5.74, 6) is 1.59. The first-order valence-electron chi connectivity index (χ1n) is 8.47. The fraction of sp³-hybridized carbons (Fsp3) is 0.667. The molecule has 2 rings (SSSR count). The Morgan fingerprint density at radius 2 is 1.78 bits per heavy atom. The number of methoxy groups -OCH3 is 1. The number of hydrogen-bond acceptors (Lipinski definition) is 3. The average Bonchev–Trinajstić information content (AvgIpc) is 2.48. The first-order valence-corrected chi connectivity index (χ1v) is 9.26. The Morgan fingerprint density at radius 3 is 2.39 bits per heavy atom. The molecule has 0 aromatic heterocycles. The van der Waals surface area contributed by atoms with E-state index in [-0.39, 0.29) is 12.4 Å². The van der Waals surface area contributed by atoms with Crippen LogP contribution in [0.25, 0.3) is 0 Å². The highest BCUT2D eigenvalue weighted by molar-refractivity contribution is 9.10. The summed E-state index contributed by atoms with van der Waals surface area (Å²) in [6.07, 6.45) is 9.50. The van der Waals surface area contributed by atoms with Crippen molar-refractivity contribution in [2.75, 3.05) is 13.7 Å². The zero-order chi connectivity index (χ0) is 15.8. The van der Waals surface area contributed by atoms with Gasteiger partial charge in [-0.1, -0.05) is 32.1 Å². The fourth-order valence-electron chi connectivity index (χ4n) is 3.08. The van der Waals surface area contributed by atoms with Gasteiger partial charge in [0, 0.05) is 12.6 Å². The third-order valence-electron chi connectivity index (χ3n) is 4.28. The molecule has 0 radical (unpaired) electrons. The summed E-state index contributed by atoms with van der Waals surface area (Å²) in [5.41, 5.74) is 1.23. The fourth-order valence-corrected chi connectivity index (χ4v) is 3.69. The monoisotopic (exact) mass is 405 g/mol. The van der Waals surface area contributed by atoms with Crippen molar-refractivity contribution in [3.8, 4) is 11.5 Å². The molecule has 5 heteroatoms. The first kappa shape index (κ1) is 20.6. The van der Waals surface area contributed by atoms with E-state index in [0.717, 1.165) is 22.5 Å². The highest BCUT2D eigenvalue weighted by Crippen LogP contribution is 2.36. The van der Waals surface area contributed by atoms with Crippen LogP contribution in [0.1, 0.15) is 57.4 Å². The van der Waals surface area contributed by atoms with Crippen LogP contribution in [0.2, 0.25) is 0 Å². The number of ether oxygens (including phenoxy) is 2. The van der Waals surface area contributed by atoms with Gasteiger partial charge in [0.15, 0.2) is 11.5 Å². The maximum Gasteiger partial charge on any atom is 0.175 e. The van der Waals surface area contributed by atoms with E-state index in [4.69, 9.17) is 9.47 Å². The second-order valence-electron chi connectivity index (χ2n) is 5.96. The number of benzene rings is 1. The molecule has 1 aromatic rings. The van der Waals surface area contributed by atoms with Gasteiger partial charge in [-0.25, -0.2) is 0 Å². The lowest BCUT2D eigenvalue weighted by molar-refractivity contribution is 0.308. The molecule has 0 spiro atoms. The standard InChI is InChI=1S/C18H28BrNO2.ClH/c1-3-22-18-16(19)11-14(12-17(18)21-2)13-20-15-9-7-5-4-6-8-10-15;/h11-12,15,20H,3-10,13H2,1-2H3;1H. The lowest BCUT2D eigenvalue weighted by atomic mass is 9.96. The van der Waals surface area contributed by atoms with Gasteiger partial charge < -0.3 is 14.8 Å². The number of nitrogens with one attached hydrogen (secondary N) is 1. The maximum absolute atomic E-state index is 5.65. The highest BCUT2D eigenvalue weighted by atomic mass is 79.9. The Bertz CT molecular complexity index is 463. The summed E-state index contributed by atoms with van der Waals surface area (Å²) >= 11 is 3.60. The molecular formula is C18H29BrClNO2. The van der Waals surface area contributed by atoms with E-state index in [1.165, 1.54) is 50.5 Å². The maximum atomic E-state index is 5.65. The molecule has 1 aliphatic carbocycles. The quantitative estimate of drug-likeness (QED) is 0.678. The summed E-state index contributed by atoms with van der Waals surface area (Å²) in [5, 5.41) is 3.72. The molecule has 0 aliphatic heterocycles. The Labute approximate surface area is 155 Å². The highest BCUT2D eigenvalue weighted by Gasteiger charge is 2.14. The summed E-state index contributed by atoms with van der Waals surface area (Å²) < 4.78 is 12.1. The van der Waals surface area contributed by atoms with Crippen molar-refractivity contribution in [1.82, 2.24) is 5.32 Å². The van der Waals surface area contributed by atoms with Crippen molar-refractivity contribution < 1.29 is 9.47 Å². The van der Waals surface area contributed by atoms with Crippen LogP contribution in [0.4, 0.5) is 0 Å². The van der Waals surface area contributed by atoms with E-state index >= 15 is 0 Å². The van der Waals surface area contributed by atoms with Crippen LogP contribution in [0.5, 0.6) is 11.5 Å². The lowest BCUT2D eigenvalue weighted by Crippen LogP contribution is -2.29. The van der Waals surface area contributed by atoms with Crippen molar-refractivity contribution in [3.63, 3.8) is 0 Å². The second-order valence-corrected chi connectivity index (χ2v) is 6.82. The minimum absolute atomic E-state index is 0. The largest absolute Gasteiger partial charge is 0.493 e. The Balaban J connectivity index is 0.00000264. The van der Waals surface area contributed by atoms with Crippen molar-refractivity contribution in [2.45, 2.75) is 64.5 Å². The van der Waals surface area contributed by atoms with Gasteiger partial charge >= 0.3 is 0 Å². The molecule has 1 saturated carbocycles. The third-order valence-corrected chi connectivity index (χ3v) is 4.87. The van der Waals surface area contributed by atoms with Crippen molar-refractivity contribution in [3.05, 3.63) is 22.2 Å². The van der Waals surface area contributed by atoms with Crippen LogP contribution < -0.4 is 14.8 Å². The smallest absolute Gasteiger partial charge is 0.175 e. The third kappa shape index (κ3) is 6.52. The summed E-state index contributed by atoms with van der Waals surface area (Å²) in [4.78, 5) is 0. The Morgan fingerprint density at radius 1 is 1.13 bits per heavy atom. The van der Waals surface area contributed by atoms with Crippen LogP contribution in [0, 0.1) is 0 Å². The van der Waals surface area contributed by atoms with Crippen molar-refractivity contribution in [2.24, 2.45) is 0 Å². The van der Waals surface area contributed by atoms with Gasteiger partial charge in [-0.3, -0.25) is 0 Å². The molecule has 0 amide bonds. The molecule has 0 atom stereocenters. The van der Waals surface area contributed by atoms with E-state index in [2.05, 4.69) is 33.4 Å². The number of rotatable bonds is 6. The molecule has 132 valence electrons. The Hall–Kier alpha value is -0.450. The Kier molecular flexibility index (Phi) is 10.00. The summed E-state index contributed by atoms with van der Waals surface area (Å²) in [6, 6.07) is 4.85.